The van der Waals surface area contributed by atoms with E-state index in [2.05, 4.69) is 9.97 Å². The summed E-state index contributed by atoms with van der Waals surface area (Å²) in [5, 5.41) is 9.27. The molecule has 14 heteroatoms. The second kappa shape index (κ2) is 11.3. The molecule has 0 amide bonds. The summed E-state index contributed by atoms with van der Waals surface area (Å²) < 4.78 is 36.3. The lowest BCUT2D eigenvalue weighted by Crippen LogP contribution is -2.48. The van der Waals surface area contributed by atoms with Crippen molar-refractivity contribution in [2.45, 2.75) is 6.23 Å². The van der Waals surface area contributed by atoms with Gasteiger partial charge in [-0.3, -0.25) is 16.1 Å². The molecular formula is C24H27Cl2N7O4S. The van der Waals surface area contributed by atoms with Gasteiger partial charge in [0.2, 0.25) is 10.0 Å². The van der Waals surface area contributed by atoms with Crippen LogP contribution < -0.4 is 25.8 Å². The molecule has 0 bridgehead atoms. The van der Waals surface area contributed by atoms with Crippen molar-refractivity contribution in [1.29, 1.82) is 5.41 Å². The molecule has 3 heterocycles. The first-order valence-corrected chi connectivity index (χ1v) is 14.0. The van der Waals surface area contributed by atoms with Crippen molar-refractivity contribution in [3.8, 4) is 11.5 Å². The zero-order valence-corrected chi connectivity index (χ0v) is 23.0. The molecule has 38 heavy (non-hydrogen) atoms. The SMILES string of the molecule is COc1cc(N)c(C(=N)c2ccc(N3CCN(S(C)(=O)=O)CC3)nc2)cc1O[C@H](N)c1c(Cl)cncc1Cl. The fraction of sp³-hybridized carbons (Fsp3) is 0.292. The number of nitrogens with one attached hydrogen (secondary N) is 1. The molecule has 3 aromatic rings. The average Bonchev–Trinajstić information content (AvgIpc) is 2.88. The van der Waals surface area contributed by atoms with E-state index in [1.807, 2.05) is 4.90 Å². The smallest absolute Gasteiger partial charge is 0.211 e. The lowest BCUT2D eigenvalue weighted by atomic mass is 10.0. The normalized spacial score (nSPS) is 15.2. The molecule has 2 aromatic heterocycles. The molecule has 0 aliphatic carbocycles. The Kier molecular flexibility index (Phi) is 8.28. The van der Waals surface area contributed by atoms with Crippen LogP contribution in [0.5, 0.6) is 11.5 Å². The fourth-order valence-corrected chi connectivity index (χ4v) is 5.46. The summed E-state index contributed by atoms with van der Waals surface area (Å²) in [6.07, 6.45) is 4.57. The molecule has 5 N–H and O–H groups in total. The summed E-state index contributed by atoms with van der Waals surface area (Å²) in [6.45, 7) is 1.83. The van der Waals surface area contributed by atoms with E-state index in [9.17, 15) is 8.42 Å². The zero-order chi connectivity index (χ0) is 27.6. The topological polar surface area (TPSA) is 161 Å². The van der Waals surface area contributed by atoms with Crippen LogP contribution in [0.25, 0.3) is 0 Å². The van der Waals surface area contributed by atoms with Crippen LogP contribution in [0.15, 0.2) is 42.9 Å². The second-order valence-electron chi connectivity index (χ2n) is 8.57. The maximum absolute atomic E-state index is 11.8. The van der Waals surface area contributed by atoms with Crippen LogP contribution in [0, 0.1) is 5.41 Å². The van der Waals surface area contributed by atoms with Crippen molar-refractivity contribution >= 4 is 50.4 Å². The maximum Gasteiger partial charge on any atom is 0.211 e. The summed E-state index contributed by atoms with van der Waals surface area (Å²) in [5.74, 6) is 1.25. The van der Waals surface area contributed by atoms with Crippen LogP contribution in [0.3, 0.4) is 0 Å². The minimum atomic E-state index is -3.22. The van der Waals surface area contributed by atoms with Crippen molar-refractivity contribution in [1.82, 2.24) is 14.3 Å². The molecule has 1 fully saturated rings. The third-order valence-electron chi connectivity index (χ3n) is 6.10. The number of halogens is 2. The molecule has 1 aromatic carbocycles. The Morgan fingerprint density at radius 2 is 1.74 bits per heavy atom. The van der Waals surface area contributed by atoms with Crippen LogP contribution in [0.2, 0.25) is 10.0 Å². The quantitative estimate of drug-likeness (QED) is 0.207. The van der Waals surface area contributed by atoms with E-state index in [0.717, 1.165) is 0 Å². The van der Waals surface area contributed by atoms with Crippen molar-refractivity contribution in [3.63, 3.8) is 0 Å². The minimum Gasteiger partial charge on any atom is -0.493 e. The number of hydrogen-bond acceptors (Lipinski definition) is 10. The van der Waals surface area contributed by atoms with Gasteiger partial charge < -0.3 is 20.1 Å². The Balaban J connectivity index is 1.55. The number of rotatable bonds is 8. The number of aromatic nitrogens is 2. The van der Waals surface area contributed by atoms with Crippen molar-refractivity contribution in [2.75, 3.05) is 50.2 Å². The van der Waals surface area contributed by atoms with Gasteiger partial charge in [0.25, 0.3) is 0 Å². The largest absolute Gasteiger partial charge is 0.493 e. The van der Waals surface area contributed by atoms with E-state index >= 15 is 0 Å². The summed E-state index contributed by atoms with van der Waals surface area (Å²) in [5.41, 5.74) is 14.2. The molecular weight excluding hydrogens is 553 g/mol. The number of nitrogen functional groups attached to an aromatic ring is 1. The Morgan fingerprint density at radius 1 is 1.08 bits per heavy atom. The highest BCUT2D eigenvalue weighted by molar-refractivity contribution is 7.88. The van der Waals surface area contributed by atoms with Crippen molar-refractivity contribution in [3.05, 3.63) is 69.6 Å². The summed E-state index contributed by atoms with van der Waals surface area (Å²) in [6, 6.07) is 6.67. The van der Waals surface area contributed by atoms with Gasteiger partial charge in [0.05, 0.1) is 29.1 Å². The van der Waals surface area contributed by atoms with Gasteiger partial charge in [0.1, 0.15) is 5.82 Å². The highest BCUT2D eigenvalue weighted by Gasteiger charge is 2.25. The predicted octanol–water partition coefficient (Wildman–Crippen LogP) is 2.91. The average molecular weight is 580 g/mol. The Hall–Kier alpha value is -3.16. The molecule has 1 aliphatic rings. The first-order chi connectivity index (χ1) is 18.0. The number of nitrogens with zero attached hydrogens (tertiary/aromatic N) is 4. The Bertz CT molecular complexity index is 1430. The first kappa shape index (κ1) is 27.9. The summed E-state index contributed by atoms with van der Waals surface area (Å²) in [7, 11) is -1.76. The first-order valence-electron chi connectivity index (χ1n) is 11.4. The highest BCUT2D eigenvalue weighted by Crippen LogP contribution is 2.37. The van der Waals surface area contributed by atoms with Crippen LogP contribution >= 0.6 is 23.2 Å². The monoisotopic (exact) mass is 579 g/mol. The van der Waals surface area contributed by atoms with E-state index in [-0.39, 0.29) is 21.5 Å². The van der Waals surface area contributed by atoms with Gasteiger partial charge >= 0.3 is 0 Å². The van der Waals surface area contributed by atoms with Gasteiger partial charge in [-0.05, 0) is 18.2 Å². The van der Waals surface area contributed by atoms with Crippen LogP contribution in [-0.2, 0) is 10.0 Å². The van der Waals surface area contributed by atoms with E-state index < -0.39 is 16.3 Å². The molecule has 202 valence electrons. The Morgan fingerprint density at radius 3 is 2.29 bits per heavy atom. The number of ether oxygens (including phenoxy) is 2. The molecule has 0 saturated carbocycles. The number of anilines is 2. The van der Waals surface area contributed by atoms with E-state index in [1.54, 1.807) is 30.5 Å². The standard InChI is InChI=1S/C24H27Cl2N7O4S/c1-36-19-10-18(27)15(9-20(19)37-24(29)22-16(25)12-30-13-17(22)26)23(28)14-3-4-21(31-11-14)32-5-7-33(8-6-32)38(2,34)35/h3-4,9-13,24,28H,5-8,27,29H2,1-2H3/t24-/m0/s1. The Labute approximate surface area is 230 Å². The molecule has 1 atom stereocenters. The van der Waals surface area contributed by atoms with Crippen LogP contribution in [-0.4, -0.2) is 67.9 Å². The van der Waals surface area contributed by atoms with Crippen molar-refractivity contribution in [2.24, 2.45) is 5.73 Å². The number of methoxy groups -OCH3 is 1. The fourth-order valence-electron chi connectivity index (χ4n) is 4.06. The molecule has 1 saturated heterocycles. The van der Waals surface area contributed by atoms with E-state index in [0.29, 0.717) is 60.1 Å². The number of benzene rings is 1. The lowest BCUT2D eigenvalue weighted by Gasteiger charge is -2.34. The molecule has 4 rings (SSSR count). The third-order valence-corrected chi connectivity index (χ3v) is 8.01. The highest BCUT2D eigenvalue weighted by atomic mass is 35.5. The van der Waals surface area contributed by atoms with Gasteiger partial charge in [-0.2, -0.15) is 4.31 Å². The molecule has 11 nitrogen and oxygen atoms in total. The van der Waals surface area contributed by atoms with Gasteiger partial charge in [-0.15, -0.1) is 0 Å². The number of nitrogens with two attached hydrogens (primary N) is 2. The predicted molar refractivity (Wildman–Crippen MR) is 148 cm³/mol. The van der Waals surface area contributed by atoms with Crippen LogP contribution in [0.1, 0.15) is 22.9 Å². The number of pyridine rings is 2. The van der Waals surface area contributed by atoms with E-state index in [1.165, 1.54) is 30.1 Å². The van der Waals surface area contributed by atoms with Gasteiger partial charge in [-0.25, -0.2) is 13.4 Å². The van der Waals surface area contributed by atoms with E-state index in [4.69, 9.17) is 49.6 Å². The molecule has 1 aliphatic heterocycles. The van der Waals surface area contributed by atoms with Gasteiger partial charge in [-0.1, -0.05) is 23.2 Å². The van der Waals surface area contributed by atoms with Gasteiger partial charge in [0.15, 0.2) is 17.7 Å². The second-order valence-corrected chi connectivity index (χ2v) is 11.4. The molecule has 0 spiro atoms. The molecule has 0 unspecified atom stereocenters. The minimum absolute atomic E-state index is 0.115. The summed E-state index contributed by atoms with van der Waals surface area (Å²) >= 11 is 12.4. The molecule has 0 radical (unpaired) electrons. The van der Waals surface area contributed by atoms with Crippen molar-refractivity contribution < 1.29 is 17.9 Å². The summed E-state index contributed by atoms with van der Waals surface area (Å²) in [4.78, 5) is 10.4. The maximum atomic E-state index is 11.8. The zero-order valence-electron chi connectivity index (χ0n) is 20.7. The lowest BCUT2D eigenvalue weighted by molar-refractivity contribution is 0.204. The van der Waals surface area contributed by atoms with Crippen LogP contribution in [0.4, 0.5) is 11.5 Å². The number of sulfonamides is 1. The number of hydrogen-bond donors (Lipinski definition) is 3. The van der Waals surface area contributed by atoms with Gasteiger partial charge in [0, 0.05) is 73.2 Å². The third kappa shape index (κ3) is 5.94. The number of piperazine rings is 1.